The maximum Gasteiger partial charge on any atom is 0.255 e. The number of rotatable bonds is 3. The van der Waals surface area contributed by atoms with Gasteiger partial charge < -0.3 is 4.90 Å². The van der Waals surface area contributed by atoms with E-state index < -0.39 is 0 Å². The second-order valence-corrected chi connectivity index (χ2v) is 7.89. The maximum atomic E-state index is 13.2. The number of aryl methyl sites for hydroxylation is 5. The Balaban J connectivity index is 2.06. The summed E-state index contributed by atoms with van der Waals surface area (Å²) in [5.41, 5.74) is 3.97. The molecule has 6 nitrogen and oxygen atoms in total. The van der Waals surface area contributed by atoms with Crippen LogP contribution in [0.15, 0.2) is 6.07 Å². The number of hydrogen-bond donors (Lipinski definition) is 0. The molecule has 1 unspecified atom stereocenters. The fourth-order valence-electron chi connectivity index (χ4n) is 3.22. The van der Waals surface area contributed by atoms with Gasteiger partial charge in [0.1, 0.15) is 0 Å². The molecule has 0 spiro atoms. The SMILES string of the molecule is Cc1cc(C(=O)N(C)C(C)c2nc(C)sc2C)c2c(C)nn(C)c2n1. The summed E-state index contributed by atoms with van der Waals surface area (Å²) in [5.74, 6) is -0.0378. The predicted octanol–water partition coefficient (Wildman–Crippen LogP) is 3.49. The summed E-state index contributed by atoms with van der Waals surface area (Å²) in [4.78, 5) is 25.3. The molecule has 0 saturated heterocycles. The van der Waals surface area contributed by atoms with Crippen molar-refractivity contribution in [3.8, 4) is 0 Å². The lowest BCUT2D eigenvalue weighted by Crippen LogP contribution is -2.30. The molecule has 3 rings (SSSR count). The van der Waals surface area contributed by atoms with E-state index in [9.17, 15) is 4.79 Å². The number of hydrogen-bond acceptors (Lipinski definition) is 5. The van der Waals surface area contributed by atoms with E-state index in [0.717, 1.165) is 38.0 Å². The molecule has 3 aromatic rings. The van der Waals surface area contributed by atoms with Crippen molar-refractivity contribution in [2.24, 2.45) is 7.05 Å². The summed E-state index contributed by atoms with van der Waals surface area (Å²) < 4.78 is 1.73. The van der Waals surface area contributed by atoms with E-state index in [1.165, 1.54) is 0 Å². The van der Waals surface area contributed by atoms with Gasteiger partial charge in [-0.25, -0.2) is 9.97 Å². The van der Waals surface area contributed by atoms with Crippen LogP contribution < -0.4 is 0 Å². The van der Waals surface area contributed by atoms with Gasteiger partial charge in [-0.3, -0.25) is 9.48 Å². The number of fused-ring (bicyclic) bond motifs is 1. The average Bonchev–Trinajstić information content (AvgIpc) is 3.03. The highest BCUT2D eigenvalue weighted by Crippen LogP contribution is 2.29. The average molecular weight is 357 g/mol. The summed E-state index contributed by atoms with van der Waals surface area (Å²) in [6.45, 7) is 9.86. The molecule has 3 heterocycles. The van der Waals surface area contributed by atoms with Crippen LogP contribution in [0, 0.1) is 27.7 Å². The van der Waals surface area contributed by atoms with Crippen molar-refractivity contribution < 1.29 is 4.79 Å². The smallest absolute Gasteiger partial charge is 0.255 e. The third kappa shape index (κ3) is 2.93. The molecule has 25 heavy (non-hydrogen) atoms. The molecule has 0 aliphatic rings. The molecule has 3 aromatic heterocycles. The third-order valence-corrected chi connectivity index (χ3v) is 5.47. The normalized spacial score (nSPS) is 12.6. The fraction of sp³-hybridized carbons (Fsp3) is 0.444. The van der Waals surface area contributed by atoms with E-state index in [4.69, 9.17) is 0 Å². The van der Waals surface area contributed by atoms with Crippen LogP contribution in [0.4, 0.5) is 0 Å². The van der Waals surface area contributed by atoms with Crippen LogP contribution in [0.2, 0.25) is 0 Å². The van der Waals surface area contributed by atoms with E-state index in [0.29, 0.717) is 5.56 Å². The minimum atomic E-state index is -0.0991. The third-order valence-electron chi connectivity index (χ3n) is 4.56. The minimum absolute atomic E-state index is 0.0378. The van der Waals surface area contributed by atoms with Crippen LogP contribution in [-0.4, -0.2) is 37.6 Å². The number of aromatic nitrogens is 4. The van der Waals surface area contributed by atoms with Gasteiger partial charge in [-0.2, -0.15) is 5.10 Å². The van der Waals surface area contributed by atoms with Crippen molar-refractivity contribution in [3.63, 3.8) is 0 Å². The molecule has 0 aliphatic heterocycles. The highest BCUT2D eigenvalue weighted by molar-refractivity contribution is 7.11. The van der Waals surface area contributed by atoms with Gasteiger partial charge in [-0.1, -0.05) is 0 Å². The zero-order valence-corrected chi connectivity index (χ0v) is 16.5. The molecule has 0 N–H and O–H groups in total. The maximum absolute atomic E-state index is 13.2. The Hall–Kier alpha value is -2.28. The molecule has 0 fully saturated rings. The van der Waals surface area contributed by atoms with Crippen molar-refractivity contribution in [2.45, 2.75) is 40.7 Å². The Labute approximate surface area is 151 Å². The molecule has 132 valence electrons. The van der Waals surface area contributed by atoms with E-state index >= 15 is 0 Å². The first-order valence-electron chi connectivity index (χ1n) is 8.22. The summed E-state index contributed by atoms with van der Waals surface area (Å²) in [5, 5.41) is 6.27. The standard InChI is InChI=1S/C18H23N5OS/c1-9-8-14(15-10(2)21-23(7)17(15)19-9)18(24)22(6)11(3)16-12(4)25-13(5)20-16/h8,11H,1-7H3. The topological polar surface area (TPSA) is 63.9 Å². The molecule has 7 heteroatoms. The second-order valence-electron chi connectivity index (χ2n) is 6.49. The highest BCUT2D eigenvalue weighted by Gasteiger charge is 2.26. The van der Waals surface area contributed by atoms with Gasteiger partial charge in [0.2, 0.25) is 0 Å². The number of carbonyl (C=O) groups is 1. The summed E-state index contributed by atoms with van der Waals surface area (Å²) in [6.07, 6.45) is 0. The van der Waals surface area contributed by atoms with Crippen LogP contribution in [0.3, 0.4) is 0 Å². The number of carbonyl (C=O) groups excluding carboxylic acids is 1. The van der Waals surface area contributed by atoms with Crippen LogP contribution in [-0.2, 0) is 7.05 Å². The molecule has 0 bridgehead atoms. The Morgan fingerprint density at radius 1 is 1.24 bits per heavy atom. The van der Waals surface area contributed by atoms with Crippen LogP contribution in [0.1, 0.15) is 50.3 Å². The van der Waals surface area contributed by atoms with E-state index in [1.807, 2.05) is 47.9 Å². The zero-order chi connectivity index (χ0) is 18.5. The van der Waals surface area contributed by atoms with E-state index in [2.05, 4.69) is 22.0 Å². The minimum Gasteiger partial charge on any atom is -0.333 e. The van der Waals surface area contributed by atoms with Crippen LogP contribution in [0.5, 0.6) is 0 Å². The van der Waals surface area contributed by atoms with Crippen LogP contribution >= 0.6 is 11.3 Å². The Bertz CT molecular complexity index is 972. The number of thiazole rings is 1. The first-order valence-corrected chi connectivity index (χ1v) is 9.04. The second kappa shape index (κ2) is 6.22. The Morgan fingerprint density at radius 2 is 1.92 bits per heavy atom. The number of nitrogens with zero attached hydrogens (tertiary/aromatic N) is 5. The van der Waals surface area contributed by atoms with Crippen molar-refractivity contribution >= 4 is 28.3 Å². The lowest BCUT2D eigenvalue weighted by molar-refractivity contribution is 0.0741. The van der Waals surface area contributed by atoms with Gasteiger partial charge in [-0.15, -0.1) is 11.3 Å². The first kappa shape index (κ1) is 17.5. The van der Waals surface area contributed by atoms with Crippen molar-refractivity contribution in [1.82, 2.24) is 24.6 Å². The van der Waals surface area contributed by atoms with Gasteiger partial charge in [-0.05, 0) is 40.7 Å². The summed E-state index contributed by atoms with van der Waals surface area (Å²) >= 11 is 1.66. The van der Waals surface area contributed by atoms with E-state index in [-0.39, 0.29) is 11.9 Å². The van der Waals surface area contributed by atoms with Gasteiger partial charge >= 0.3 is 0 Å². The lowest BCUT2D eigenvalue weighted by atomic mass is 10.1. The Kier molecular flexibility index (Phi) is 4.36. The molecule has 0 aromatic carbocycles. The van der Waals surface area contributed by atoms with Gasteiger partial charge in [0.25, 0.3) is 5.91 Å². The summed E-state index contributed by atoms with van der Waals surface area (Å²) in [6, 6.07) is 1.75. The first-order chi connectivity index (χ1) is 11.7. The van der Waals surface area contributed by atoms with Crippen molar-refractivity contribution in [1.29, 1.82) is 0 Å². The zero-order valence-electron chi connectivity index (χ0n) is 15.7. The number of amides is 1. The molecule has 1 amide bonds. The molecule has 1 atom stereocenters. The highest BCUT2D eigenvalue weighted by atomic mass is 32.1. The number of pyridine rings is 1. The largest absolute Gasteiger partial charge is 0.333 e. The fourth-order valence-corrected chi connectivity index (χ4v) is 4.13. The van der Waals surface area contributed by atoms with Crippen LogP contribution in [0.25, 0.3) is 11.0 Å². The monoisotopic (exact) mass is 357 g/mol. The molecular formula is C18H23N5OS. The molecule has 0 radical (unpaired) electrons. The molecule has 0 aliphatic carbocycles. The van der Waals surface area contributed by atoms with Crippen molar-refractivity contribution in [3.05, 3.63) is 38.6 Å². The molecular weight excluding hydrogens is 334 g/mol. The Morgan fingerprint density at radius 3 is 2.52 bits per heavy atom. The van der Waals surface area contributed by atoms with Crippen molar-refractivity contribution in [2.75, 3.05) is 7.05 Å². The van der Waals surface area contributed by atoms with E-state index in [1.54, 1.807) is 20.9 Å². The predicted molar refractivity (Wildman–Crippen MR) is 100 cm³/mol. The van der Waals surface area contributed by atoms with Gasteiger partial charge in [0.15, 0.2) is 5.65 Å². The lowest BCUT2D eigenvalue weighted by Gasteiger charge is -2.25. The van der Waals surface area contributed by atoms with Gasteiger partial charge in [0.05, 0.1) is 33.4 Å². The quantitative estimate of drug-likeness (QED) is 0.720. The van der Waals surface area contributed by atoms with Gasteiger partial charge in [0, 0.05) is 24.7 Å². The summed E-state index contributed by atoms with van der Waals surface area (Å²) in [7, 11) is 3.68. The molecule has 0 saturated carbocycles.